The molecule has 0 N–H and O–H groups in total. The second-order valence-corrected chi connectivity index (χ2v) is 10.6. The van der Waals surface area contributed by atoms with E-state index in [-0.39, 0.29) is 5.92 Å². The number of hydrogen-bond acceptors (Lipinski definition) is 5. The highest BCUT2D eigenvalue weighted by molar-refractivity contribution is 5.91. The Bertz CT molecular complexity index is 1170. The van der Waals surface area contributed by atoms with Crippen LogP contribution in [0.15, 0.2) is 30.3 Å². The zero-order valence-electron chi connectivity index (χ0n) is 21.4. The Morgan fingerprint density at radius 2 is 1.74 bits per heavy atom. The summed E-state index contributed by atoms with van der Waals surface area (Å²) in [7, 11) is 0. The highest BCUT2D eigenvalue weighted by atomic mass is 16.2. The van der Waals surface area contributed by atoms with E-state index in [4.69, 9.17) is 15.1 Å². The minimum Gasteiger partial charge on any atom is -0.354 e. The Morgan fingerprint density at radius 1 is 0.971 bits per heavy atom. The molecule has 2 aromatic heterocycles. The van der Waals surface area contributed by atoms with Crippen molar-refractivity contribution in [2.24, 2.45) is 11.8 Å². The van der Waals surface area contributed by atoms with Gasteiger partial charge in [-0.3, -0.25) is 4.79 Å². The maximum atomic E-state index is 13.2. The van der Waals surface area contributed by atoms with Crippen molar-refractivity contribution in [3.8, 4) is 5.69 Å². The summed E-state index contributed by atoms with van der Waals surface area (Å²) in [5.74, 6) is 2.89. The van der Waals surface area contributed by atoms with Crippen LogP contribution >= 0.6 is 0 Å². The van der Waals surface area contributed by atoms with Crippen molar-refractivity contribution in [3.63, 3.8) is 0 Å². The fourth-order valence-corrected chi connectivity index (χ4v) is 5.60. The number of fused-ring (bicyclic) bond motifs is 1. The highest BCUT2D eigenvalue weighted by Crippen LogP contribution is 2.31. The number of carbonyl (C=O) groups is 1. The molecule has 2 fully saturated rings. The average molecular weight is 475 g/mol. The summed E-state index contributed by atoms with van der Waals surface area (Å²) in [6, 6.07) is 10.2. The molecule has 0 radical (unpaired) electrons. The fourth-order valence-electron chi connectivity index (χ4n) is 5.60. The molecule has 1 amide bonds. The Labute approximate surface area is 208 Å². The summed E-state index contributed by atoms with van der Waals surface area (Å²) < 4.78 is 1.95. The maximum absolute atomic E-state index is 13.2. The van der Waals surface area contributed by atoms with Gasteiger partial charge in [-0.1, -0.05) is 51.3 Å². The second kappa shape index (κ2) is 10.3. The molecule has 7 heteroatoms. The fraction of sp³-hybridized carbons (Fsp3) is 0.571. The van der Waals surface area contributed by atoms with Gasteiger partial charge in [0.25, 0.3) is 0 Å². The van der Waals surface area contributed by atoms with Gasteiger partial charge in [-0.15, -0.1) is 0 Å². The first-order valence-corrected chi connectivity index (χ1v) is 13.4. The number of benzene rings is 1. The van der Waals surface area contributed by atoms with Gasteiger partial charge < -0.3 is 9.80 Å². The van der Waals surface area contributed by atoms with Gasteiger partial charge in [-0.2, -0.15) is 5.10 Å². The molecule has 0 spiro atoms. The first-order valence-electron chi connectivity index (χ1n) is 13.4. The molecule has 35 heavy (non-hydrogen) atoms. The molecule has 1 aliphatic carbocycles. The van der Waals surface area contributed by atoms with E-state index in [1.807, 2.05) is 29.8 Å². The lowest BCUT2D eigenvalue weighted by atomic mass is 9.88. The van der Waals surface area contributed by atoms with Crippen LogP contribution in [0.1, 0.15) is 63.9 Å². The number of nitrogens with zero attached hydrogens (tertiary/aromatic N) is 6. The van der Waals surface area contributed by atoms with Crippen LogP contribution in [-0.4, -0.2) is 56.7 Å². The number of anilines is 1. The van der Waals surface area contributed by atoms with Gasteiger partial charge in [0, 0.05) is 38.5 Å². The van der Waals surface area contributed by atoms with Crippen molar-refractivity contribution in [2.45, 2.75) is 65.7 Å². The highest BCUT2D eigenvalue weighted by Gasteiger charge is 2.29. The topological polar surface area (TPSA) is 67.2 Å². The number of amides is 1. The molecule has 0 atom stereocenters. The van der Waals surface area contributed by atoms with Crippen LogP contribution in [0.5, 0.6) is 0 Å². The van der Waals surface area contributed by atoms with E-state index in [2.05, 4.69) is 35.8 Å². The molecule has 2 aliphatic rings. The monoisotopic (exact) mass is 474 g/mol. The van der Waals surface area contributed by atoms with E-state index < -0.39 is 0 Å². The van der Waals surface area contributed by atoms with Crippen LogP contribution in [0.25, 0.3) is 16.7 Å². The summed E-state index contributed by atoms with van der Waals surface area (Å²) in [5.41, 5.74) is 2.81. The van der Waals surface area contributed by atoms with Gasteiger partial charge in [0.1, 0.15) is 11.6 Å². The first-order chi connectivity index (χ1) is 17.0. The van der Waals surface area contributed by atoms with Crippen molar-refractivity contribution in [1.82, 2.24) is 24.6 Å². The Morgan fingerprint density at radius 3 is 2.49 bits per heavy atom. The molecule has 1 saturated carbocycles. The van der Waals surface area contributed by atoms with Gasteiger partial charge in [-0.25, -0.2) is 14.6 Å². The minimum absolute atomic E-state index is 0.227. The molecular weight excluding hydrogens is 436 g/mol. The number of rotatable bonds is 5. The zero-order valence-corrected chi connectivity index (χ0v) is 21.4. The van der Waals surface area contributed by atoms with Crippen molar-refractivity contribution in [3.05, 3.63) is 41.9 Å². The maximum Gasteiger partial charge on any atom is 0.225 e. The van der Waals surface area contributed by atoms with E-state index in [0.29, 0.717) is 11.8 Å². The third-order valence-electron chi connectivity index (χ3n) is 7.38. The molecule has 7 nitrogen and oxygen atoms in total. The number of carbonyl (C=O) groups excluding carboxylic acids is 1. The van der Waals surface area contributed by atoms with Crippen molar-refractivity contribution < 1.29 is 4.79 Å². The molecule has 1 aliphatic heterocycles. The summed E-state index contributed by atoms with van der Waals surface area (Å²) >= 11 is 0. The third kappa shape index (κ3) is 5.04. The number of hydrogen-bond donors (Lipinski definition) is 0. The van der Waals surface area contributed by atoms with Crippen LogP contribution in [-0.2, 0) is 11.2 Å². The summed E-state index contributed by atoms with van der Waals surface area (Å²) in [4.78, 5) is 27.8. The van der Waals surface area contributed by atoms with E-state index in [9.17, 15) is 4.79 Å². The van der Waals surface area contributed by atoms with E-state index in [0.717, 1.165) is 85.9 Å². The van der Waals surface area contributed by atoms with Crippen LogP contribution < -0.4 is 4.90 Å². The Balaban J connectivity index is 1.48. The standard InChI is InChI=1S/C28H38N6O/c1-20(2)19-24-29-26(25-21(3)31-34(27(25)30-24)23-13-8-5-9-14-23)32-15-10-16-33(18-17-32)28(35)22-11-6-4-7-12-22/h5,8-9,13-14,20,22H,4,6-7,10-12,15-19H2,1-3H3. The smallest absolute Gasteiger partial charge is 0.225 e. The predicted octanol–water partition coefficient (Wildman–Crippen LogP) is 4.94. The molecule has 5 rings (SSSR count). The van der Waals surface area contributed by atoms with Gasteiger partial charge in [0.15, 0.2) is 5.65 Å². The second-order valence-electron chi connectivity index (χ2n) is 10.6. The van der Waals surface area contributed by atoms with Gasteiger partial charge in [0.05, 0.1) is 16.8 Å². The predicted molar refractivity (Wildman–Crippen MR) is 140 cm³/mol. The van der Waals surface area contributed by atoms with Crippen molar-refractivity contribution in [2.75, 3.05) is 31.1 Å². The van der Waals surface area contributed by atoms with E-state index >= 15 is 0 Å². The minimum atomic E-state index is 0.227. The Hall–Kier alpha value is -2.96. The molecule has 186 valence electrons. The van der Waals surface area contributed by atoms with Crippen LogP contribution in [0.2, 0.25) is 0 Å². The molecular formula is C28H38N6O. The summed E-state index contributed by atoms with van der Waals surface area (Å²) in [6.45, 7) is 9.72. The summed E-state index contributed by atoms with van der Waals surface area (Å²) in [6.07, 6.45) is 7.55. The third-order valence-corrected chi connectivity index (χ3v) is 7.38. The molecule has 3 aromatic rings. The van der Waals surface area contributed by atoms with Gasteiger partial charge in [-0.05, 0) is 44.2 Å². The zero-order chi connectivity index (χ0) is 24.4. The van der Waals surface area contributed by atoms with Crippen molar-refractivity contribution in [1.29, 1.82) is 0 Å². The number of aryl methyl sites for hydroxylation is 1. The molecule has 0 unspecified atom stereocenters. The average Bonchev–Trinajstić information content (AvgIpc) is 3.04. The first kappa shape index (κ1) is 23.8. The largest absolute Gasteiger partial charge is 0.354 e. The lowest BCUT2D eigenvalue weighted by Crippen LogP contribution is -2.39. The van der Waals surface area contributed by atoms with Crippen molar-refractivity contribution >= 4 is 22.8 Å². The SMILES string of the molecule is Cc1nn(-c2ccccc2)c2nc(CC(C)C)nc(N3CCCN(C(=O)C4CCCCC4)CC3)c12. The number of aromatic nitrogens is 4. The lowest BCUT2D eigenvalue weighted by Gasteiger charge is -2.28. The quantitative estimate of drug-likeness (QED) is 0.524. The molecule has 0 bridgehead atoms. The normalized spacial score (nSPS) is 17.8. The Kier molecular flexibility index (Phi) is 7.02. The van der Waals surface area contributed by atoms with Crippen LogP contribution in [0, 0.1) is 18.8 Å². The molecule has 1 saturated heterocycles. The van der Waals surface area contributed by atoms with Crippen LogP contribution in [0.4, 0.5) is 5.82 Å². The molecule has 1 aromatic carbocycles. The van der Waals surface area contributed by atoms with Gasteiger partial charge >= 0.3 is 0 Å². The van der Waals surface area contributed by atoms with Crippen LogP contribution in [0.3, 0.4) is 0 Å². The lowest BCUT2D eigenvalue weighted by molar-refractivity contribution is -0.136. The summed E-state index contributed by atoms with van der Waals surface area (Å²) in [5, 5.41) is 5.91. The van der Waals surface area contributed by atoms with E-state index in [1.165, 1.54) is 19.3 Å². The van der Waals surface area contributed by atoms with Gasteiger partial charge in [0.2, 0.25) is 5.91 Å². The molecule has 3 heterocycles. The number of para-hydroxylation sites is 1. The van der Waals surface area contributed by atoms with E-state index in [1.54, 1.807) is 0 Å².